The van der Waals surface area contributed by atoms with E-state index in [0.29, 0.717) is 11.4 Å². The van der Waals surface area contributed by atoms with E-state index >= 15 is 0 Å². The van der Waals surface area contributed by atoms with Gasteiger partial charge in [0.25, 0.3) is 5.91 Å². The van der Waals surface area contributed by atoms with Crippen molar-refractivity contribution in [3.05, 3.63) is 62.6 Å². The Morgan fingerprint density at radius 2 is 1.78 bits per heavy atom. The van der Waals surface area contributed by atoms with Crippen LogP contribution in [0.3, 0.4) is 0 Å². The maximum atomic E-state index is 12.4. The van der Waals surface area contributed by atoms with E-state index < -0.39 is 30.3 Å². The molecule has 0 aliphatic carbocycles. The van der Waals surface area contributed by atoms with Crippen molar-refractivity contribution in [3.63, 3.8) is 0 Å². The third kappa shape index (κ3) is 6.75. The lowest BCUT2D eigenvalue weighted by Crippen LogP contribution is -2.41. The molecule has 3 rings (SSSR count). The van der Waals surface area contributed by atoms with Crippen LogP contribution in [0.2, 0.25) is 0 Å². The first kappa shape index (κ1) is 26.1. The van der Waals surface area contributed by atoms with Crippen molar-refractivity contribution in [2.75, 3.05) is 11.9 Å². The van der Waals surface area contributed by atoms with Crippen LogP contribution in [0.1, 0.15) is 28.9 Å². The lowest BCUT2D eigenvalue weighted by molar-refractivity contribution is -0.140. The van der Waals surface area contributed by atoms with Gasteiger partial charge in [0, 0.05) is 34.5 Å². The highest BCUT2D eigenvalue weighted by Gasteiger charge is 2.21. The fraction of sp³-hybridized carbons (Fsp3) is 0.250. The largest absolute Gasteiger partial charge is 0.481 e. The highest BCUT2D eigenvalue weighted by Crippen LogP contribution is 2.24. The predicted molar refractivity (Wildman–Crippen MR) is 127 cm³/mol. The number of amides is 1. The normalized spacial score (nSPS) is 11.1. The predicted octanol–water partition coefficient (Wildman–Crippen LogP) is 2.99. The molecule has 1 aromatic carbocycles. The fourth-order valence-corrected chi connectivity index (χ4v) is 3.16. The number of rotatable bonds is 11. The number of fused-ring (bicyclic) bond motifs is 1. The van der Waals surface area contributed by atoms with Gasteiger partial charge in [0.1, 0.15) is 11.6 Å². The lowest BCUT2D eigenvalue weighted by atomic mass is 10.1. The average Bonchev–Trinajstić information content (AvgIpc) is 2.87. The second-order valence-corrected chi connectivity index (χ2v) is 7.46. The van der Waals surface area contributed by atoms with E-state index in [9.17, 15) is 19.5 Å². The van der Waals surface area contributed by atoms with Crippen molar-refractivity contribution >= 4 is 46.5 Å². The van der Waals surface area contributed by atoms with E-state index in [1.54, 1.807) is 24.1 Å². The molecule has 3 aromatic rings. The third-order valence-corrected chi connectivity index (χ3v) is 4.92. The number of aromatic nitrogens is 4. The molecule has 1 amide bonds. The lowest BCUT2D eigenvalue weighted by Gasteiger charge is -2.19. The van der Waals surface area contributed by atoms with Gasteiger partial charge in [-0.3, -0.25) is 9.59 Å². The Bertz CT molecular complexity index is 1450. The van der Waals surface area contributed by atoms with Crippen LogP contribution < -0.4 is 10.2 Å². The number of hydrogen-bond acceptors (Lipinski definition) is 10. The molecule has 0 saturated carbocycles. The minimum Gasteiger partial charge on any atom is -0.481 e. The van der Waals surface area contributed by atoms with Crippen LogP contribution in [0, 0.1) is 0 Å². The maximum absolute atomic E-state index is 12.4. The summed E-state index contributed by atoms with van der Waals surface area (Å²) in [5.74, 6) is -3.56. The molecule has 0 radical (unpaired) electrons. The number of carbonyl (C=O) groups excluding carboxylic acids is 1. The molecule has 0 aliphatic rings. The molecule has 0 fully saturated rings. The summed E-state index contributed by atoms with van der Waals surface area (Å²) in [6.45, 7) is 0.249. The summed E-state index contributed by atoms with van der Waals surface area (Å²) in [6, 6.07) is 4.93. The quantitative estimate of drug-likeness (QED) is 0.194. The van der Waals surface area contributed by atoms with Gasteiger partial charge in [-0.15, -0.1) is 0 Å². The van der Waals surface area contributed by atoms with Crippen LogP contribution in [0.15, 0.2) is 40.7 Å². The van der Waals surface area contributed by atoms with E-state index in [-0.39, 0.29) is 41.5 Å². The van der Waals surface area contributed by atoms with Crippen LogP contribution in [0.4, 0.5) is 17.5 Å². The van der Waals surface area contributed by atoms with Crippen molar-refractivity contribution in [3.8, 4) is 0 Å². The van der Waals surface area contributed by atoms with Crippen LogP contribution in [-0.4, -0.2) is 61.1 Å². The molecule has 3 N–H and O–H groups in total. The minimum absolute atomic E-state index is 0.0737. The van der Waals surface area contributed by atoms with E-state index in [2.05, 4.69) is 45.3 Å². The number of nitrogens with zero attached hydrogens (tertiary/aromatic N) is 11. The number of azide groups is 2. The number of carboxylic acid groups (broad SMARTS) is 2. The highest BCUT2D eigenvalue weighted by atomic mass is 16.4. The molecule has 37 heavy (non-hydrogen) atoms. The Balaban J connectivity index is 1.75. The summed E-state index contributed by atoms with van der Waals surface area (Å²) >= 11 is 0. The Hall–Kier alpha value is -5.53. The molecule has 1 atom stereocenters. The molecule has 0 aliphatic heterocycles. The van der Waals surface area contributed by atoms with Gasteiger partial charge < -0.3 is 20.4 Å². The van der Waals surface area contributed by atoms with Crippen molar-refractivity contribution in [1.82, 2.24) is 25.3 Å². The average molecular weight is 506 g/mol. The first-order chi connectivity index (χ1) is 17.7. The molecular weight excluding hydrogens is 488 g/mol. The topological polar surface area (TPSA) is 256 Å². The fourth-order valence-electron chi connectivity index (χ4n) is 3.16. The van der Waals surface area contributed by atoms with Crippen molar-refractivity contribution < 1.29 is 24.6 Å². The summed E-state index contributed by atoms with van der Waals surface area (Å²) < 4.78 is 0. The van der Waals surface area contributed by atoms with Gasteiger partial charge in [0.15, 0.2) is 11.5 Å². The molecule has 2 aromatic heterocycles. The number of hydrogen-bond donors (Lipinski definition) is 3. The first-order valence-electron chi connectivity index (χ1n) is 10.4. The smallest absolute Gasteiger partial charge is 0.326 e. The zero-order chi connectivity index (χ0) is 26.9. The van der Waals surface area contributed by atoms with Gasteiger partial charge >= 0.3 is 11.9 Å². The minimum atomic E-state index is -1.33. The molecular formula is C20H18N12O5. The molecule has 0 unspecified atom stereocenters. The van der Waals surface area contributed by atoms with E-state index in [1.807, 2.05) is 0 Å². The maximum Gasteiger partial charge on any atom is 0.326 e. The Morgan fingerprint density at radius 1 is 1.08 bits per heavy atom. The van der Waals surface area contributed by atoms with Gasteiger partial charge in [-0.1, -0.05) is 0 Å². The SMILES string of the molecule is CN(Cc1cnc2nc(N=[N+]=[N-])nc(N=[N+]=[N-])c2n1)c1ccc(C(=O)N[C@@H](CCC(=O)O)C(=O)O)cc1. The van der Waals surface area contributed by atoms with Crippen molar-refractivity contribution in [2.24, 2.45) is 10.2 Å². The van der Waals surface area contributed by atoms with Crippen LogP contribution in [0.25, 0.3) is 32.0 Å². The van der Waals surface area contributed by atoms with E-state index in [1.165, 1.54) is 18.3 Å². The van der Waals surface area contributed by atoms with Gasteiger partial charge in [-0.25, -0.2) is 24.7 Å². The molecule has 0 spiro atoms. The highest BCUT2D eigenvalue weighted by molar-refractivity contribution is 5.97. The number of aliphatic carboxylic acids is 2. The summed E-state index contributed by atoms with van der Waals surface area (Å²) in [5, 5.41) is 27.0. The Labute approximate surface area is 207 Å². The van der Waals surface area contributed by atoms with Crippen LogP contribution >= 0.6 is 0 Å². The molecule has 17 heteroatoms. The molecule has 0 saturated heterocycles. The number of carboxylic acids is 2. The van der Waals surface area contributed by atoms with Gasteiger partial charge in [-0.05, 0) is 52.0 Å². The van der Waals surface area contributed by atoms with Crippen molar-refractivity contribution in [2.45, 2.75) is 25.4 Å². The standard InChI is InChI=1S/C20H18N12O5/c1-32(9-11-8-23-16-15(24-11)17(28-30-21)27-20(26-16)29-31-22)12-4-2-10(3-5-12)18(35)25-13(19(36)37)6-7-14(33)34/h2-5,8,13H,6-7,9H2,1H3,(H,25,35)(H,33,34)(H,36,37)/t13-/m0/s1. The Morgan fingerprint density at radius 3 is 2.41 bits per heavy atom. The van der Waals surface area contributed by atoms with Gasteiger partial charge in [-0.2, -0.15) is 0 Å². The second-order valence-electron chi connectivity index (χ2n) is 7.46. The molecule has 17 nitrogen and oxygen atoms in total. The van der Waals surface area contributed by atoms with Crippen molar-refractivity contribution in [1.29, 1.82) is 0 Å². The van der Waals surface area contributed by atoms with E-state index in [0.717, 1.165) is 0 Å². The monoisotopic (exact) mass is 506 g/mol. The second kappa shape index (κ2) is 11.7. The van der Waals surface area contributed by atoms with Crippen LogP contribution in [-0.2, 0) is 16.1 Å². The zero-order valence-electron chi connectivity index (χ0n) is 19.1. The number of carbonyl (C=O) groups is 3. The zero-order valence-corrected chi connectivity index (χ0v) is 19.1. The number of nitrogens with one attached hydrogen (secondary N) is 1. The summed E-state index contributed by atoms with van der Waals surface area (Å²) in [6.07, 6.45) is 0.796. The third-order valence-electron chi connectivity index (χ3n) is 4.92. The molecule has 188 valence electrons. The van der Waals surface area contributed by atoms with Crippen LogP contribution in [0.5, 0.6) is 0 Å². The van der Waals surface area contributed by atoms with Gasteiger partial charge in [0.05, 0.1) is 18.4 Å². The number of benzene rings is 1. The summed E-state index contributed by atoms with van der Waals surface area (Å²) in [5.41, 5.74) is 18.9. The summed E-state index contributed by atoms with van der Waals surface area (Å²) in [4.78, 5) is 57.9. The Kier molecular flexibility index (Phi) is 8.28. The number of anilines is 1. The summed E-state index contributed by atoms with van der Waals surface area (Å²) in [7, 11) is 1.75. The van der Waals surface area contributed by atoms with E-state index in [4.69, 9.17) is 16.2 Å². The molecule has 0 bridgehead atoms. The first-order valence-corrected chi connectivity index (χ1v) is 10.4. The molecule has 2 heterocycles. The van der Waals surface area contributed by atoms with Gasteiger partial charge in [0.2, 0.25) is 5.95 Å².